The summed E-state index contributed by atoms with van der Waals surface area (Å²) in [6.07, 6.45) is 0. The third-order valence-corrected chi connectivity index (χ3v) is 3.81. The summed E-state index contributed by atoms with van der Waals surface area (Å²) in [6.45, 7) is 0. The van der Waals surface area contributed by atoms with Gasteiger partial charge in [-0.05, 0) is 42.5 Å². The maximum atomic E-state index is 9.06. The average Bonchev–Trinajstić information content (AvgIpc) is 2.82. The molecule has 0 fully saturated rings. The van der Waals surface area contributed by atoms with Crippen molar-refractivity contribution in [3.05, 3.63) is 51.8 Å². The van der Waals surface area contributed by atoms with Crippen LogP contribution in [0.5, 0.6) is 5.75 Å². The van der Waals surface area contributed by atoms with Crippen LogP contribution in [0.4, 0.5) is 0 Å². The van der Waals surface area contributed by atoms with Crippen molar-refractivity contribution in [1.82, 2.24) is 9.55 Å². The quantitative estimate of drug-likeness (QED) is 0.720. The lowest BCUT2D eigenvalue weighted by Gasteiger charge is -2.08. The largest absolute Gasteiger partial charge is 0.497 e. The lowest BCUT2D eigenvalue weighted by atomic mass is 10.2. The summed E-state index contributed by atoms with van der Waals surface area (Å²) >= 11 is 11.6. The van der Waals surface area contributed by atoms with E-state index in [1.54, 1.807) is 29.9 Å². The van der Waals surface area contributed by atoms with Gasteiger partial charge in [0.15, 0.2) is 4.77 Å². The Morgan fingerprint density at radius 1 is 1.29 bits per heavy atom. The van der Waals surface area contributed by atoms with Crippen molar-refractivity contribution < 1.29 is 4.74 Å². The Labute approximate surface area is 131 Å². The average molecular weight is 316 g/mol. The molecular weight excluding hydrogens is 306 g/mol. The van der Waals surface area contributed by atoms with Gasteiger partial charge in [0, 0.05) is 6.07 Å². The Morgan fingerprint density at radius 3 is 2.81 bits per heavy atom. The van der Waals surface area contributed by atoms with E-state index in [2.05, 4.69) is 11.1 Å². The highest BCUT2D eigenvalue weighted by Gasteiger charge is 2.11. The van der Waals surface area contributed by atoms with Gasteiger partial charge in [0.2, 0.25) is 0 Å². The summed E-state index contributed by atoms with van der Waals surface area (Å²) in [6, 6.07) is 12.8. The fourth-order valence-electron chi connectivity index (χ4n) is 2.20. The van der Waals surface area contributed by atoms with E-state index in [1.165, 1.54) is 0 Å². The number of hydrogen-bond acceptors (Lipinski definition) is 3. The van der Waals surface area contributed by atoms with Gasteiger partial charge >= 0.3 is 0 Å². The van der Waals surface area contributed by atoms with Crippen LogP contribution in [0.3, 0.4) is 0 Å². The molecule has 0 aliphatic heterocycles. The summed E-state index contributed by atoms with van der Waals surface area (Å²) in [5.41, 5.74) is 2.91. The van der Waals surface area contributed by atoms with Crippen LogP contribution in [0, 0.1) is 16.1 Å². The second kappa shape index (κ2) is 5.24. The number of fused-ring (bicyclic) bond motifs is 1. The number of ether oxygens (including phenoxy) is 1. The van der Waals surface area contributed by atoms with Crippen LogP contribution in [-0.2, 0) is 0 Å². The van der Waals surface area contributed by atoms with Crippen molar-refractivity contribution in [3.8, 4) is 17.5 Å². The van der Waals surface area contributed by atoms with Gasteiger partial charge in [0.1, 0.15) is 5.75 Å². The lowest BCUT2D eigenvalue weighted by molar-refractivity contribution is 0.415. The number of nitrogens with zero attached hydrogens (tertiary/aromatic N) is 2. The third kappa shape index (κ3) is 2.29. The summed E-state index contributed by atoms with van der Waals surface area (Å²) < 4.78 is 7.56. The number of rotatable bonds is 2. The van der Waals surface area contributed by atoms with E-state index in [9.17, 15) is 0 Å². The number of H-pyrrole nitrogens is 1. The molecule has 21 heavy (non-hydrogen) atoms. The molecule has 4 nitrogen and oxygen atoms in total. The van der Waals surface area contributed by atoms with Crippen LogP contribution in [0.15, 0.2) is 36.4 Å². The summed E-state index contributed by atoms with van der Waals surface area (Å²) in [4.78, 5) is 3.12. The van der Waals surface area contributed by atoms with E-state index in [-0.39, 0.29) is 0 Å². The Hall–Kier alpha value is -2.29. The third-order valence-electron chi connectivity index (χ3n) is 3.21. The monoisotopic (exact) mass is 315 g/mol. The first-order valence-electron chi connectivity index (χ1n) is 6.13. The van der Waals surface area contributed by atoms with Crippen molar-refractivity contribution >= 4 is 34.9 Å². The maximum Gasteiger partial charge on any atom is 0.182 e. The Balaban J connectivity index is 2.37. The molecule has 3 aromatic rings. The fourth-order valence-corrected chi connectivity index (χ4v) is 2.71. The van der Waals surface area contributed by atoms with Crippen LogP contribution >= 0.6 is 23.8 Å². The Kier molecular flexibility index (Phi) is 3.42. The van der Waals surface area contributed by atoms with Gasteiger partial charge in [-0.2, -0.15) is 5.26 Å². The molecule has 1 N–H and O–H groups in total. The van der Waals surface area contributed by atoms with Gasteiger partial charge in [-0.3, -0.25) is 4.57 Å². The Morgan fingerprint density at radius 2 is 2.10 bits per heavy atom. The number of hydrogen-bond donors (Lipinski definition) is 1. The molecule has 0 unspecified atom stereocenters. The number of benzene rings is 2. The molecule has 0 radical (unpaired) electrons. The number of imidazole rings is 1. The van der Waals surface area contributed by atoms with E-state index in [0.29, 0.717) is 21.0 Å². The topological polar surface area (TPSA) is 53.7 Å². The highest BCUT2D eigenvalue weighted by molar-refractivity contribution is 7.71. The molecule has 0 bridgehead atoms. The lowest BCUT2D eigenvalue weighted by Crippen LogP contribution is -1.96. The standard InChI is InChI=1S/C15H10ClN3OS/c1-20-10-3-5-12-14(7-10)19(15(21)18-12)13-6-9(8-17)2-4-11(13)16/h2-7H,1H3,(H,18,21). The van der Waals surface area contributed by atoms with Crippen LogP contribution in [0.25, 0.3) is 16.7 Å². The van der Waals surface area contributed by atoms with Gasteiger partial charge < -0.3 is 9.72 Å². The summed E-state index contributed by atoms with van der Waals surface area (Å²) in [7, 11) is 1.61. The number of methoxy groups -OCH3 is 1. The molecule has 0 saturated carbocycles. The minimum Gasteiger partial charge on any atom is -0.497 e. The first kappa shape index (κ1) is 13.7. The van der Waals surface area contributed by atoms with E-state index < -0.39 is 0 Å². The zero-order chi connectivity index (χ0) is 15.0. The number of nitriles is 1. The predicted molar refractivity (Wildman–Crippen MR) is 84.7 cm³/mol. The molecule has 0 amide bonds. The van der Waals surface area contributed by atoms with Crippen molar-refractivity contribution in [2.24, 2.45) is 0 Å². The minimum atomic E-state index is 0.509. The van der Waals surface area contributed by atoms with Crippen LogP contribution in [0.2, 0.25) is 5.02 Å². The number of halogens is 1. The molecular formula is C15H10ClN3OS. The molecule has 3 rings (SSSR count). The van der Waals surface area contributed by atoms with E-state index in [1.807, 2.05) is 18.2 Å². The van der Waals surface area contributed by atoms with Crippen LogP contribution in [-0.4, -0.2) is 16.7 Å². The molecule has 0 atom stereocenters. The van der Waals surface area contributed by atoms with Gasteiger partial charge in [-0.1, -0.05) is 11.6 Å². The molecule has 0 aliphatic rings. The summed E-state index contributed by atoms with van der Waals surface area (Å²) in [5, 5.41) is 9.58. The molecule has 6 heteroatoms. The zero-order valence-electron chi connectivity index (χ0n) is 11.1. The van der Waals surface area contributed by atoms with Gasteiger partial charge in [0.05, 0.1) is 40.5 Å². The number of aromatic nitrogens is 2. The highest BCUT2D eigenvalue weighted by atomic mass is 35.5. The molecule has 1 aromatic heterocycles. The van der Waals surface area contributed by atoms with E-state index in [0.717, 1.165) is 16.8 Å². The van der Waals surface area contributed by atoms with Crippen molar-refractivity contribution in [2.75, 3.05) is 7.11 Å². The first-order chi connectivity index (χ1) is 10.1. The fraction of sp³-hybridized carbons (Fsp3) is 0.0667. The predicted octanol–water partition coefficient (Wildman–Crippen LogP) is 4.22. The van der Waals surface area contributed by atoms with Crippen LogP contribution in [0.1, 0.15) is 5.56 Å². The van der Waals surface area contributed by atoms with Crippen LogP contribution < -0.4 is 4.74 Å². The molecule has 0 spiro atoms. The van der Waals surface area contributed by atoms with E-state index >= 15 is 0 Å². The van der Waals surface area contributed by atoms with Crippen molar-refractivity contribution in [3.63, 3.8) is 0 Å². The maximum absolute atomic E-state index is 9.06. The molecule has 1 heterocycles. The number of aromatic amines is 1. The SMILES string of the molecule is COc1ccc2[nH]c(=S)n(-c3cc(C#N)ccc3Cl)c2c1. The molecule has 0 saturated heterocycles. The smallest absolute Gasteiger partial charge is 0.182 e. The molecule has 0 aliphatic carbocycles. The van der Waals surface area contributed by atoms with Gasteiger partial charge in [-0.25, -0.2) is 0 Å². The summed E-state index contributed by atoms with van der Waals surface area (Å²) in [5.74, 6) is 0.720. The number of nitrogens with one attached hydrogen (secondary N) is 1. The molecule has 2 aromatic carbocycles. The highest BCUT2D eigenvalue weighted by Crippen LogP contribution is 2.28. The normalized spacial score (nSPS) is 10.5. The van der Waals surface area contributed by atoms with Crippen molar-refractivity contribution in [2.45, 2.75) is 0 Å². The van der Waals surface area contributed by atoms with E-state index in [4.69, 9.17) is 33.8 Å². The van der Waals surface area contributed by atoms with Crippen molar-refractivity contribution in [1.29, 1.82) is 5.26 Å². The van der Waals surface area contributed by atoms with Gasteiger partial charge in [0.25, 0.3) is 0 Å². The zero-order valence-corrected chi connectivity index (χ0v) is 12.6. The van der Waals surface area contributed by atoms with Gasteiger partial charge in [-0.15, -0.1) is 0 Å². The second-order valence-electron chi connectivity index (χ2n) is 4.43. The Bertz CT molecular complexity index is 936. The molecule has 104 valence electrons. The first-order valence-corrected chi connectivity index (χ1v) is 6.91. The minimum absolute atomic E-state index is 0.509. The second-order valence-corrected chi connectivity index (χ2v) is 5.22.